The van der Waals surface area contributed by atoms with E-state index < -0.39 is 0 Å². The Kier molecular flexibility index (Phi) is 76.9. The third-order valence-corrected chi connectivity index (χ3v) is 15.3. The third kappa shape index (κ3) is 122. The van der Waals surface area contributed by atoms with Crippen molar-refractivity contribution in [1.82, 2.24) is 14.7 Å². The van der Waals surface area contributed by atoms with Gasteiger partial charge in [0.1, 0.15) is 12.2 Å². The molecule has 0 rings (SSSR count). The molecular weight excluding hydrogens is 1490 g/mol. The van der Waals surface area contributed by atoms with E-state index in [9.17, 15) is 47.9 Å². The van der Waals surface area contributed by atoms with Crippen LogP contribution in [0.3, 0.4) is 0 Å². The smallest absolute Gasteiger partial charge is 0.330 e. The van der Waals surface area contributed by atoms with E-state index in [2.05, 4.69) is 158 Å². The van der Waals surface area contributed by atoms with Gasteiger partial charge in [-0.05, 0) is 206 Å². The van der Waals surface area contributed by atoms with E-state index in [1.54, 1.807) is 67.4 Å². The highest BCUT2D eigenvalue weighted by molar-refractivity contribution is 5.92. The molecule has 0 aliphatic heterocycles. The van der Waals surface area contributed by atoms with Crippen molar-refractivity contribution in [2.75, 3.05) is 60.0 Å². The Bertz CT molecular complexity index is 3030. The van der Waals surface area contributed by atoms with Crippen LogP contribution in [0.2, 0.25) is 0 Å². The summed E-state index contributed by atoms with van der Waals surface area (Å²) >= 11 is 0. The van der Waals surface area contributed by atoms with Gasteiger partial charge in [0, 0.05) is 82.7 Å². The number of carbonyl (C=O) groups excluding carboxylic acids is 10. The van der Waals surface area contributed by atoms with Gasteiger partial charge in [0.15, 0.2) is 23.1 Å². The Morgan fingerprint density at radius 2 is 0.664 bits per heavy atom. The lowest BCUT2D eigenvalue weighted by atomic mass is 9.89. The lowest BCUT2D eigenvalue weighted by Gasteiger charge is -2.26. The fourth-order valence-electron chi connectivity index (χ4n) is 7.35. The number of amides is 2. The molecule has 0 saturated heterocycles. The lowest BCUT2D eigenvalue weighted by Crippen LogP contribution is -2.32. The molecule has 17 nitrogen and oxygen atoms in total. The maximum Gasteiger partial charge on any atom is 0.330 e. The van der Waals surface area contributed by atoms with Crippen LogP contribution in [0.25, 0.3) is 0 Å². The minimum atomic E-state index is -0.354. The highest BCUT2D eigenvalue weighted by atomic mass is 16.6. The molecule has 692 valence electrons. The van der Waals surface area contributed by atoms with E-state index >= 15 is 0 Å². The van der Waals surface area contributed by atoms with Gasteiger partial charge in [-0.1, -0.05) is 276 Å². The number of hydrogen-bond donors (Lipinski definition) is 0. The maximum absolute atomic E-state index is 11.4. The van der Waals surface area contributed by atoms with Crippen molar-refractivity contribution >= 4 is 58.8 Å². The van der Waals surface area contributed by atoms with Crippen LogP contribution in [0.5, 0.6) is 0 Å². The zero-order valence-corrected chi connectivity index (χ0v) is 84.7. The molecule has 0 saturated carbocycles. The van der Waals surface area contributed by atoms with Gasteiger partial charge < -0.3 is 33.6 Å². The number of esters is 4. The number of hydrogen-bond acceptors (Lipinski definition) is 15. The number of ketones is 4. The quantitative estimate of drug-likeness (QED) is 0.0283. The van der Waals surface area contributed by atoms with Crippen LogP contribution in [-0.4, -0.2) is 146 Å². The summed E-state index contributed by atoms with van der Waals surface area (Å²) in [5, 5.41) is 0. The molecule has 0 aromatic rings. The number of nitrogens with zero attached hydrogens (tertiary/aromatic N) is 3. The average Bonchev–Trinajstić information content (AvgIpc) is 0.903. The van der Waals surface area contributed by atoms with Gasteiger partial charge in [-0.3, -0.25) is 28.8 Å². The van der Waals surface area contributed by atoms with E-state index in [0.29, 0.717) is 45.4 Å². The molecule has 2 amide bonds. The van der Waals surface area contributed by atoms with Gasteiger partial charge >= 0.3 is 23.9 Å². The Balaban J connectivity index is -0.000000139. The van der Waals surface area contributed by atoms with Gasteiger partial charge in [0.2, 0.25) is 11.8 Å². The summed E-state index contributed by atoms with van der Waals surface area (Å²) in [7, 11) is 3.98. The minimum absolute atomic E-state index is 0.00132. The van der Waals surface area contributed by atoms with Crippen molar-refractivity contribution in [3.05, 3.63) is 135 Å². The Morgan fingerprint density at radius 1 is 0.353 bits per heavy atom. The van der Waals surface area contributed by atoms with Crippen molar-refractivity contribution in [3.63, 3.8) is 0 Å². The van der Waals surface area contributed by atoms with Crippen LogP contribution in [0.4, 0.5) is 0 Å². The van der Waals surface area contributed by atoms with Gasteiger partial charge in [-0.15, -0.1) is 6.58 Å². The van der Waals surface area contributed by atoms with Crippen molar-refractivity contribution < 1.29 is 66.9 Å². The highest BCUT2D eigenvalue weighted by Crippen LogP contribution is 2.26. The SMILES string of the molecule is C/C=C/C(=O)CCC(C)(C)C.C/C=C/C(=O)OC(C)C(C)(C)C.C/C=C/C(=O)OCC(C)(C)C.C=CC(=O)N(CC)CCC(C)(C)C.C=CC(=O)OC(C)C(C)(C)C.C=CC(=O)OCC(C)(C)C.C=CCN(CCC(C)(C)C)C(=O)C=C.CC(C)=CC(=O)CC(C)(C)C.CC(C)=CC(=O)CCC(C)(C)C.CN(C)C/C=C/C(=O)CCC(C)(C)C. The van der Waals surface area contributed by atoms with Crippen LogP contribution in [0.15, 0.2) is 135 Å². The molecule has 0 aromatic carbocycles. The van der Waals surface area contributed by atoms with E-state index in [1.165, 1.54) is 36.5 Å². The van der Waals surface area contributed by atoms with Gasteiger partial charge in [-0.25, -0.2) is 19.2 Å². The average molecular weight is 1680 g/mol. The minimum Gasteiger partial charge on any atom is -0.462 e. The zero-order valence-electron chi connectivity index (χ0n) is 84.7. The fraction of sp³-hybridized carbons (Fsp3) is 0.686. The Labute approximate surface area is 732 Å². The molecular formula is C102H185N3O14. The summed E-state index contributed by atoms with van der Waals surface area (Å²) in [6.07, 6.45) is 31.0. The molecule has 2 atom stereocenters. The molecule has 0 radical (unpaired) electrons. The van der Waals surface area contributed by atoms with Crippen molar-refractivity contribution in [2.45, 2.75) is 347 Å². The van der Waals surface area contributed by atoms with Gasteiger partial charge in [-0.2, -0.15) is 0 Å². The molecule has 0 spiro atoms. The van der Waals surface area contributed by atoms with Crippen molar-refractivity contribution in [3.8, 4) is 0 Å². The van der Waals surface area contributed by atoms with Gasteiger partial charge in [0.25, 0.3) is 0 Å². The molecule has 0 aromatic heterocycles. The number of likely N-dealkylation sites (N-methyl/N-ethyl adjacent to an activating group) is 2. The molecule has 17 heteroatoms. The second-order valence-electron chi connectivity index (χ2n) is 42.0. The first-order valence-corrected chi connectivity index (χ1v) is 42.4. The fourth-order valence-corrected chi connectivity index (χ4v) is 7.35. The predicted molar refractivity (Wildman–Crippen MR) is 510 cm³/mol. The van der Waals surface area contributed by atoms with Crippen molar-refractivity contribution in [1.29, 1.82) is 0 Å². The molecule has 0 heterocycles. The van der Waals surface area contributed by atoms with Crippen molar-refractivity contribution in [2.24, 2.45) is 54.1 Å². The Hall–Kier alpha value is -7.40. The first-order chi connectivity index (χ1) is 53.4. The third-order valence-electron chi connectivity index (χ3n) is 15.3. The summed E-state index contributed by atoms with van der Waals surface area (Å²) in [5.74, 6) is -0.253. The topological polar surface area (TPSA) is 217 Å². The van der Waals surface area contributed by atoms with Crippen LogP contribution < -0.4 is 0 Å². The molecule has 119 heavy (non-hydrogen) atoms. The lowest BCUT2D eigenvalue weighted by molar-refractivity contribution is -0.147. The van der Waals surface area contributed by atoms with Crippen LogP contribution in [0.1, 0.15) is 335 Å². The number of carbonyl (C=O) groups is 10. The number of ether oxygens (including phenoxy) is 4. The van der Waals surface area contributed by atoms with Crippen LogP contribution >= 0.6 is 0 Å². The predicted octanol–water partition coefficient (Wildman–Crippen LogP) is 25.4. The standard InChI is InChI=1S/C12H23NO.C12H21NO.C11H21NO.C11H20O.C10H18O2.2C10H18O.2C9H16O2.C8H14O2/c1-12(2,3)9-8-11(14)7-6-10-13(4)5;1-6-9-13(11(14)7-2)10-8-12(3,4)5;1-6-10(13)12(7-2)9-8-11(3,4)5;1-9(2)8-10(12)6-7-11(3,4)5;1-6-7-9(11)12-8(2)10(3,4)5;1-8(2)6-9(11)7-10(3,4)5;1-5-6-9(11)7-8-10(2,3)4;1-6-8(10)11-7(2)9(3,4)5;1-5-6-8(10)11-7-9(2,3)4;1-5-7(9)10-6-8(2,3)4/h6-7H,8-10H2,1-5H3;6-7H,1-2,8-10H2,3-5H3;6H,1,7-9H2,2-5H3;8H,6-7H2,1-5H3;6-8H,1-5H3;6H,7H2,1-5H3;5-6H,7-8H2,1-4H3;6-7H,1H2,2-5H3;5-6H,7H2,1-4H3;5H,1,6H2,2-4H3/b7-6+;;;;7-6+;;6-5+;;6-5+;. The molecule has 2 unspecified atom stereocenters. The zero-order chi connectivity index (χ0) is 96.6. The largest absolute Gasteiger partial charge is 0.462 e. The number of rotatable bonds is 30. The first kappa shape index (κ1) is 132. The van der Waals surface area contributed by atoms with E-state index in [1.807, 2.05) is 168 Å². The molecule has 0 fully saturated rings. The monoisotopic (exact) mass is 1680 g/mol. The second-order valence-corrected chi connectivity index (χ2v) is 42.0. The molecule has 0 bridgehead atoms. The van der Waals surface area contributed by atoms with Gasteiger partial charge in [0.05, 0.1) is 13.2 Å². The summed E-state index contributed by atoms with van der Waals surface area (Å²) < 4.78 is 19.9. The second kappa shape index (κ2) is 69.2. The van der Waals surface area contributed by atoms with E-state index in [4.69, 9.17) is 18.9 Å². The van der Waals surface area contributed by atoms with E-state index in [0.717, 1.165) is 69.4 Å². The van der Waals surface area contributed by atoms with Crippen LogP contribution in [-0.2, 0) is 66.9 Å². The highest BCUT2D eigenvalue weighted by Gasteiger charge is 2.25. The number of allylic oxidation sites excluding steroid dienone is 9. The summed E-state index contributed by atoms with van der Waals surface area (Å²) in [6.45, 7) is 104. The first-order valence-electron chi connectivity index (χ1n) is 42.4. The summed E-state index contributed by atoms with van der Waals surface area (Å²) in [4.78, 5) is 116. The van der Waals surface area contributed by atoms with Crippen LogP contribution in [0, 0.1) is 54.1 Å². The maximum atomic E-state index is 11.4. The normalized spacial score (nSPS) is 12.0. The summed E-state index contributed by atoms with van der Waals surface area (Å²) in [6, 6.07) is 0. The summed E-state index contributed by atoms with van der Waals surface area (Å²) in [5.41, 5.74) is 3.73. The Morgan fingerprint density at radius 3 is 0.950 bits per heavy atom. The van der Waals surface area contributed by atoms with E-state index in [-0.39, 0.29) is 125 Å². The molecule has 0 aliphatic rings. The molecule has 0 aliphatic carbocycles. The molecule has 0 N–H and O–H groups in total.